The second-order valence-corrected chi connectivity index (χ2v) is 3.73. The molecule has 1 rings (SSSR count). The summed E-state index contributed by atoms with van der Waals surface area (Å²) in [5.41, 5.74) is -0.780. The highest BCUT2D eigenvalue weighted by Gasteiger charge is 2.22. The number of pyridine rings is 1. The van der Waals surface area contributed by atoms with E-state index >= 15 is 0 Å². The van der Waals surface area contributed by atoms with E-state index in [0.29, 0.717) is 11.0 Å². The fourth-order valence-electron chi connectivity index (χ4n) is 0.916. The van der Waals surface area contributed by atoms with Gasteiger partial charge in [-0.15, -0.1) is 0 Å². The van der Waals surface area contributed by atoms with Crippen molar-refractivity contribution in [1.82, 2.24) is 4.98 Å². The van der Waals surface area contributed by atoms with Crippen molar-refractivity contribution in [2.75, 3.05) is 18.5 Å². The number of anilines is 1. The van der Waals surface area contributed by atoms with Gasteiger partial charge in [-0.2, -0.15) is 0 Å². The SMILES string of the molecule is CC(CO)(CO)Nc1cccc(Cl)n1. The van der Waals surface area contributed by atoms with E-state index in [-0.39, 0.29) is 13.2 Å². The highest BCUT2D eigenvalue weighted by molar-refractivity contribution is 6.29. The molecule has 0 saturated carbocycles. The Kier molecular flexibility index (Phi) is 3.69. The maximum atomic E-state index is 9.03. The largest absolute Gasteiger partial charge is 0.394 e. The molecule has 0 atom stereocenters. The molecule has 78 valence electrons. The van der Waals surface area contributed by atoms with Gasteiger partial charge in [-0.1, -0.05) is 17.7 Å². The zero-order valence-electron chi connectivity index (χ0n) is 7.87. The Morgan fingerprint density at radius 3 is 2.57 bits per heavy atom. The molecule has 0 unspecified atom stereocenters. The molecule has 0 aliphatic carbocycles. The van der Waals surface area contributed by atoms with Gasteiger partial charge in [-0.3, -0.25) is 0 Å². The predicted octanol–water partition coefficient (Wildman–Crippen LogP) is 0.890. The number of aliphatic hydroxyl groups is 2. The molecule has 0 aliphatic heterocycles. The van der Waals surface area contributed by atoms with Crippen molar-refractivity contribution in [1.29, 1.82) is 0 Å². The molecule has 0 aliphatic rings. The van der Waals surface area contributed by atoms with E-state index in [2.05, 4.69) is 10.3 Å². The molecule has 1 aromatic rings. The molecule has 4 nitrogen and oxygen atoms in total. The van der Waals surface area contributed by atoms with E-state index < -0.39 is 5.54 Å². The van der Waals surface area contributed by atoms with Crippen molar-refractivity contribution in [3.8, 4) is 0 Å². The molecular formula is C9H13ClN2O2. The average molecular weight is 217 g/mol. The Morgan fingerprint density at radius 2 is 2.07 bits per heavy atom. The van der Waals surface area contributed by atoms with Crippen LogP contribution in [-0.4, -0.2) is 33.9 Å². The number of halogens is 1. The second kappa shape index (κ2) is 4.59. The normalized spacial score (nSPS) is 11.4. The van der Waals surface area contributed by atoms with Crippen LogP contribution in [0.4, 0.5) is 5.82 Å². The van der Waals surface area contributed by atoms with Crippen molar-refractivity contribution in [3.05, 3.63) is 23.4 Å². The Morgan fingerprint density at radius 1 is 1.43 bits per heavy atom. The zero-order chi connectivity index (χ0) is 10.6. The van der Waals surface area contributed by atoms with Crippen LogP contribution >= 0.6 is 11.6 Å². The number of nitrogens with one attached hydrogen (secondary N) is 1. The topological polar surface area (TPSA) is 65.4 Å². The van der Waals surface area contributed by atoms with E-state index in [1.165, 1.54) is 0 Å². The van der Waals surface area contributed by atoms with E-state index in [1.807, 2.05) is 0 Å². The lowest BCUT2D eigenvalue weighted by Crippen LogP contribution is -2.42. The molecule has 0 radical (unpaired) electrons. The van der Waals surface area contributed by atoms with Crippen molar-refractivity contribution in [2.24, 2.45) is 0 Å². The van der Waals surface area contributed by atoms with E-state index in [4.69, 9.17) is 21.8 Å². The van der Waals surface area contributed by atoms with Crippen molar-refractivity contribution < 1.29 is 10.2 Å². The lowest BCUT2D eigenvalue weighted by molar-refractivity contribution is 0.147. The molecule has 0 saturated heterocycles. The summed E-state index contributed by atoms with van der Waals surface area (Å²) in [6, 6.07) is 5.12. The van der Waals surface area contributed by atoms with Gasteiger partial charge in [0.2, 0.25) is 0 Å². The highest BCUT2D eigenvalue weighted by Crippen LogP contribution is 2.14. The van der Waals surface area contributed by atoms with E-state index in [0.717, 1.165) is 0 Å². The lowest BCUT2D eigenvalue weighted by atomic mass is 10.1. The number of aliphatic hydroxyl groups excluding tert-OH is 2. The summed E-state index contributed by atoms with van der Waals surface area (Å²) in [6.45, 7) is 1.32. The predicted molar refractivity (Wildman–Crippen MR) is 55.4 cm³/mol. The minimum absolute atomic E-state index is 0.183. The minimum Gasteiger partial charge on any atom is -0.394 e. The number of nitrogens with zero attached hydrogens (tertiary/aromatic N) is 1. The van der Waals surface area contributed by atoms with E-state index in [9.17, 15) is 0 Å². The maximum absolute atomic E-state index is 9.03. The monoisotopic (exact) mass is 216 g/mol. The summed E-state index contributed by atoms with van der Waals surface area (Å²) in [6.07, 6.45) is 0. The summed E-state index contributed by atoms with van der Waals surface area (Å²) in [4.78, 5) is 3.99. The number of aromatic nitrogens is 1. The van der Waals surface area contributed by atoms with Gasteiger partial charge in [0.1, 0.15) is 11.0 Å². The first-order chi connectivity index (χ1) is 6.59. The van der Waals surface area contributed by atoms with Crippen molar-refractivity contribution in [2.45, 2.75) is 12.5 Å². The van der Waals surface area contributed by atoms with E-state index in [1.54, 1.807) is 25.1 Å². The standard InChI is InChI=1S/C9H13ClN2O2/c1-9(5-13,6-14)12-8-4-2-3-7(10)11-8/h2-4,13-14H,5-6H2,1H3,(H,11,12). The summed E-state index contributed by atoms with van der Waals surface area (Å²) in [7, 11) is 0. The quantitative estimate of drug-likeness (QED) is 0.654. The average Bonchev–Trinajstić information content (AvgIpc) is 2.18. The molecule has 14 heavy (non-hydrogen) atoms. The van der Waals surface area contributed by atoms with Crippen LogP contribution in [-0.2, 0) is 0 Å². The Hall–Kier alpha value is -0.840. The summed E-state index contributed by atoms with van der Waals surface area (Å²) < 4.78 is 0. The second-order valence-electron chi connectivity index (χ2n) is 3.35. The van der Waals surface area contributed by atoms with Gasteiger partial charge in [0.25, 0.3) is 0 Å². The number of hydrogen-bond acceptors (Lipinski definition) is 4. The molecule has 5 heteroatoms. The Bertz CT molecular complexity index is 303. The van der Waals surface area contributed by atoms with Gasteiger partial charge in [0.05, 0.1) is 18.8 Å². The molecule has 0 bridgehead atoms. The van der Waals surface area contributed by atoms with Crippen LogP contribution in [0, 0.1) is 0 Å². The fraction of sp³-hybridized carbons (Fsp3) is 0.444. The number of hydrogen-bond donors (Lipinski definition) is 3. The third-order valence-electron chi connectivity index (χ3n) is 1.84. The Labute approximate surface area is 87.6 Å². The third-order valence-corrected chi connectivity index (χ3v) is 2.05. The van der Waals surface area contributed by atoms with Gasteiger partial charge in [0.15, 0.2) is 0 Å². The molecule has 1 heterocycles. The Balaban J connectivity index is 2.77. The van der Waals surface area contributed by atoms with Crippen LogP contribution in [0.3, 0.4) is 0 Å². The van der Waals surface area contributed by atoms with Crippen LogP contribution < -0.4 is 5.32 Å². The third kappa shape index (κ3) is 2.83. The van der Waals surface area contributed by atoms with Gasteiger partial charge in [0, 0.05) is 0 Å². The molecule has 0 fully saturated rings. The van der Waals surface area contributed by atoms with Crippen LogP contribution in [0.15, 0.2) is 18.2 Å². The molecule has 3 N–H and O–H groups in total. The molecule has 0 spiro atoms. The van der Waals surface area contributed by atoms with Crippen LogP contribution in [0.2, 0.25) is 5.15 Å². The molecule has 0 aromatic carbocycles. The minimum atomic E-state index is -0.780. The van der Waals surface area contributed by atoms with Crippen LogP contribution in [0.25, 0.3) is 0 Å². The summed E-state index contributed by atoms with van der Waals surface area (Å²) in [5, 5.41) is 21.3. The molecule has 1 aromatic heterocycles. The van der Waals surface area contributed by atoms with Gasteiger partial charge >= 0.3 is 0 Å². The van der Waals surface area contributed by atoms with Crippen LogP contribution in [0.1, 0.15) is 6.92 Å². The lowest BCUT2D eigenvalue weighted by Gasteiger charge is -2.26. The van der Waals surface area contributed by atoms with Gasteiger partial charge < -0.3 is 15.5 Å². The smallest absolute Gasteiger partial charge is 0.131 e. The first-order valence-corrected chi connectivity index (χ1v) is 4.60. The molecular weight excluding hydrogens is 204 g/mol. The maximum Gasteiger partial charge on any atom is 0.131 e. The van der Waals surface area contributed by atoms with Gasteiger partial charge in [-0.05, 0) is 19.1 Å². The van der Waals surface area contributed by atoms with Crippen LogP contribution in [0.5, 0.6) is 0 Å². The van der Waals surface area contributed by atoms with Crippen molar-refractivity contribution in [3.63, 3.8) is 0 Å². The summed E-state index contributed by atoms with van der Waals surface area (Å²) >= 11 is 5.68. The van der Waals surface area contributed by atoms with Gasteiger partial charge in [-0.25, -0.2) is 4.98 Å². The number of rotatable bonds is 4. The first kappa shape index (κ1) is 11.2. The zero-order valence-corrected chi connectivity index (χ0v) is 8.62. The highest BCUT2D eigenvalue weighted by atomic mass is 35.5. The van der Waals surface area contributed by atoms with Crippen molar-refractivity contribution >= 4 is 17.4 Å². The molecule has 0 amide bonds. The fourth-order valence-corrected chi connectivity index (χ4v) is 1.08. The summed E-state index contributed by atoms with van der Waals surface area (Å²) in [5.74, 6) is 0.531. The first-order valence-electron chi connectivity index (χ1n) is 4.22.